The molecular weight excluding hydrogens is 140 g/mol. The fourth-order valence-corrected chi connectivity index (χ4v) is 0.893. The molecule has 0 aliphatic carbocycles. The van der Waals surface area contributed by atoms with Gasteiger partial charge in [0.1, 0.15) is 5.60 Å². The summed E-state index contributed by atoms with van der Waals surface area (Å²) in [7, 11) is 1.61. The first-order chi connectivity index (χ1) is 4.93. The summed E-state index contributed by atoms with van der Waals surface area (Å²) in [6, 6.07) is 0. The second-order valence-corrected chi connectivity index (χ2v) is 2.88. The molecule has 3 N–H and O–H groups in total. The zero-order valence-corrected chi connectivity index (χ0v) is 7.55. The number of nitrogens with two attached hydrogens (primary N) is 1. The second kappa shape index (κ2) is 3.53. The Morgan fingerprint density at radius 2 is 2.00 bits per heavy atom. The highest BCUT2D eigenvalue weighted by atomic mass is 16.3. The smallest absolute Gasteiger partial charge is 0.103 e. The summed E-state index contributed by atoms with van der Waals surface area (Å²) in [5, 5.41) is 9.53. The lowest BCUT2D eigenvalue weighted by molar-refractivity contribution is 0.154. The highest BCUT2D eigenvalue weighted by molar-refractivity contribution is 6.04. The molecule has 0 rings (SSSR count). The normalized spacial score (nSPS) is 15.4. The van der Waals surface area contributed by atoms with Crippen molar-refractivity contribution in [2.75, 3.05) is 7.05 Å². The Morgan fingerprint density at radius 3 is 2.09 bits per heavy atom. The van der Waals surface area contributed by atoms with Gasteiger partial charge in [-0.25, -0.2) is 0 Å². The Bertz CT molecular complexity index is 187. The van der Waals surface area contributed by atoms with Gasteiger partial charge in [-0.15, -0.1) is 0 Å². The first-order valence-corrected chi connectivity index (χ1v) is 3.55. The maximum Gasteiger partial charge on any atom is 0.103 e. The summed E-state index contributed by atoms with van der Waals surface area (Å²) in [5.41, 5.74) is 5.69. The average molecular weight is 156 g/mol. The molecule has 0 aromatic rings. The molecule has 0 spiro atoms. The zero-order chi connectivity index (χ0) is 9.07. The van der Waals surface area contributed by atoms with Crippen molar-refractivity contribution in [2.24, 2.45) is 10.7 Å². The predicted octanol–water partition coefficient (Wildman–Crippen LogP) is 0.691. The molecule has 0 amide bonds. The third kappa shape index (κ3) is 2.72. The number of hydrogen-bond acceptors (Lipinski definition) is 3. The Kier molecular flexibility index (Phi) is 3.26. The van der Waals surface area contributed by atoms with Gasteiger partial charge in [0.25, 0.3) is 0 Å². The average Bonchev–Trinajstić information content (AvgIpc) is 1.86. The van der Waals surface area contributed by atoms with Crippen LogP contribution in [0.4, 0.5) is 0 Å². The molecule has 0 aromatic carbocycles. The number of aliphatic hydroxyl groups is 1. The largest absolute Gasteiger partial charge is 0.397 e. The Morgan fingerprint density at radius 1 is 1.55 bits per heavy atom. The Hall–Kier alpha value is -0.830. The molecular formula is C8H16N2O. The third-order valence-corrected chi connectivity index (χ3v) is 1.39. The monoisotopic (exact) mass is 156 g/mol. The standard InChI is InChI=1S/C8H16N2O/c1-5-6(9)7(10-4)8(2,3)11/h5,11H,9H2,1-4H3/b6-5+,10-7+. The van der Waals surface area contributed by atoms with Crippen molar-refractivity contribution >= 4 is 5.71 Å². The summed E-state index contributed by atoms with van der Waals surface area (Å²) in [5.74, 6) is 0. The minimum absolute atomic E-state index is 0.528. The van der Waals surface area contributed by atoms with Gasteiger partial charge in [-0.05, 0) is 20.8 Å². The molecule has 3 heteroatoms. The highest BCUT2D eigenvalue weighted by Crippen LogP contribution is 2.08. The summed E-state index contributed by atoms with van der Waals surface area (Å²) < 4.78 is 0. The van der Waals surface area contributed by atoms with Gasteiger partial charge >= 0.3 is 0 Å². The lowest BCUT2D eigenvalue weighted by Crippen LogP contribution is -2.35. The number of rotatable bonds is 2. The summed E-state index contributed by atoms with van der Waals surface area (Å²) in [6.45, 7) is 5.13. The van der Waals surface area contributed by atoms with Crippen LogP contribution in [0.25, 0.3) is 0 Å². The molecule has 0 aliphatic heterocycles. The van der Waals surface area contributed by atoms with Crippen LogP contribution in [-0.2, 0) is 0 Å². The molecule has 3 nitrogen and oxygen atoms in total. The van der Waals surface area contributed by atoms with Crippen LogP contribution in [0, 0.1) is 0 Å². The molecule has 0 atom stereocenters. The van der Waals surface area contributed by atoms with Crippen molar-refractivity contribution < 1.29 is 5.11 Å². The van der Waals surface area contributed by atoms with Crippen molar-refractivity contribution in [2.45, 2.75) is 26.4 Å². The Balaban J connectivity index is 4.73. The minimum atomic E-state index is -0.953. The van der Waals surface area contributed by atoms with Crippen LogP contribution in [-0.4, -0.2) is 23.5 Å². The van der Waals surface area contributed by atoms with Crippen molar-refractivity contribution in [3.8, 4) is 0 Å². The number of hydrogen-bond donors (Lipinski definition) is 2. The van der Waals surface area contributed by atoms with E-state index in [0.717, 1.165) is 0 Å². The van der Waals surface area contributed by atoms with Crippen molar-refractivity contribution in [1.82, 2.24) is 0 Å². The van der Waals surface area contributed by atoms with E-state index in [4.69, 9.17) is 5.73 Å². The van der Waals surface area contributed by atoms with Gasteiger partial charge < -0.3 is 10.8 Å². The van der Waals surface area contributed by atoms with E-state index in [1.807, 2.05) is 6.92 Å². The highest BCUT2D eigenvalue weighted by Gasteiger charge is 2.21. The van der Waals surface area contributed by atoms with Crippen LogP contribution in [0.1, 0.15) is 20.8 Å². The molecule has 0 saturated heterocycles. The molecule has 64 valence electrons. The van der Waals surface area contributed by atoms with Crippen molar-refractivity contribution in [3.05, 3.63) is 11.8 Å². The van der Waals surface area contributed by atoms with E-state index >= 15 is 0 Å². The molecule has 0 bridgehead atoms. The fourth-order valence-electron chi connectivity index (χ4n) is 0.893. The number of allylic oxidation sites excluding steroid dienone is 1. The molecule has 0 unspecified atom stereocenters. The summed E-state index contributed by atoms with van der Waals surface area (Å²) >= 11 is 0. The first kappa shape index (κ1) is 10.2. The summed E-state index contributed by atoms with van der Waals surface area (Å²) in [4.78, 5) is 3.90. The lowest BCUT2D eigenvalue weighted by atomic mass is 10.00. The van der Waals surface area contributed by atoms with Crippen LogP contribution in [0.15, 0.2) is 16.8 Å². The van der Waals surface area contributed by atoms with Crippen molar-refractivity contribution in [1.29, 1.82) is 0 Å². The molecule has 0 heterocycles. The van der Waals surface area contributed by atoms with Crippen LogP contribution in [0.3, 0.4) is 0 Å². The van der Waals surface area contributed by atoms with E-state index < -0.39 is 5.60 Å². The van der Waals surface area contributed by atoms with Gasteiger partial charge in [0.2, 0.25) is 0 Å². The molecule has 0 fully saturated rings. The van der Waals surface area contributed by atoms with Gasteiger partial charge in [0, 0.05) is 7.05 Å². The molecule has 0 aliphatic rings. The van der Waals surface area contributed by atoms with Crippen LogP contribution < -0.4 is 5.73 Å². The van der Waals surface area contributed by atoms with E-state index in [1.54, 1.807) is 27.0 Å². The molecule has 0 saturated carbocycles. The van der Waals surface area contributed by atoms with Crippen LogP contribution in [0.2, 0.25) is 0 Å². The van der Waals surface area contributed by atoms with Gasteiger partial charge in [0.15, 0.2) is 0 Å². The minimum Gasteiger partial charge on any atom is -0.397 e. The first-order valence-electron chi connectivity index (χ1n) is 3.55. The van der Waals surface area contributed by atoms with E-state index in [-0.39, 0.29) is 0 Å². The van der Waals surface area contributed by atoms with Crippen LogP contribution >= 0.6 is 0 Å². The lowest BCUT2D eigenvalue weighted by Gasteiger charge is -2.19. The molecule has 11 heavy (non-hydrogen) atoms. The van der Waals surface area contributed by atoms with E-state index in [9.17, 15) is 5.11 Å². The SMILES string of the molecule is C/C=C(N)\C(=N/C)C(C)(C)O. The molecule has 0 aromatic heterocycles. The van der Waals surface area contributed by atoms with E-state index in [2.05, 4.69) is 4.99 Å². The van der Waals surface area contributed by atoms with Gasteiger partial charge in [-0.3, -0.25) is 4.99 Å². The predicted molar refractivity (Wildman–Crippen MR) is 47.6 cm³/mol. The van der Waals surface area contributed by atoms with E-state index in [0.29, 0.717) is 11.4 Å². The topological polar surface area (TPSA) is 58.6 Å². The second-order valence-electron chi connectivity index (χ2n) is 2.88. The maximum atomic E-state index is 9.53. The quantitative estimate of drug-likeness (QED) is 0.578. The van der Waals surface area contributed by atoms with E-state index in [1.165, 1.54) is 0 Å². The van der Waals surface area contributed by atoms with Crippen molar-refractivity contribution in [3.63, 3.8) is 0 Å². The number of aliphatic imine (C=N–C) groups is 1. The Labute approximate surface area is 67.6 Å². The molecule has 0 radical (unpaired) electrons. The third-order valence-electron chi connectivity index (χ3n) is 1.39. The van der Waals surface area contributed by atoms with Gasteiger partial charge in [-0.1, -0.05) is 6.08 Å². The zero-order valence-electron chi connectivity index (χ0n) is 7.55. The maximum absolute atomic E-state index is 9.53. The van der Waals surface area contributed by atoms with Gasteiger partial charge in [0.05, 0.1) is 11.4 Å². The van der Waals surface area contributed by atoms with Crippen LogP contribution in [0.5, 0.6) is 0 Å². The van der Waals surface area contributed by atoms with Gasteiger partial charge in [-0.2, -0.15) is 0 Å². The number of nitrogens with zero attached hydrogens (tertiary/aromatic N) is 1. The fraction of sp³-hybridized carbons (Fsp3) is 0.625. The summed E-state index contributed by atoms with van der Waals surface area (Å²) in [6.07, 6.45) is 1.72.